The van der Waals surface area contributed by atoms with Crippen molar-refractivity contribution < 1.29 is 4.79 Å². The van der Waals surface area contributed by atoms with Crippen LogP contribution < -0.4 is 16.4 Å². The van der Waals surface area contributed by atoms with Crippen LogP contribution >= 0.6 is 0 Å². The van der Waals surface area contributed by atoms with E-state index in [-0.39, 0.29) is 11.8 Å². The zero-order valence-electron chi connectivity index (χ0n) is 7.34. The van der Waals surface area contributed by atoms with Gasteiger partial charge in [-0.25, -0.2) is 0 Å². The van der Waals surface area contributed by atoms with Gasteiger partial charge in [0.1, 0.15) is 0 Å². The molecule has 70 valence electrons. The molecule has 0 aliphatic carbocycles. The van der Waals surface area contributed by atoms with Gasteiger partial charge in [-0.3, -0.25) is 4.79 Å². The summed E-state index contributed by atoms with van der Waals surface area (Å²) in [6.45, 7) is 1.49. The summed E-state index contributed by atoms with van der Waals surface area (Å²) in [5.41, 5.74) is 7.65. The Morgan fingerprint density at radius 3 is 3.23 bits per heavy atom. The van der Waals surface area contributed by atoms with Crippen molar-refractivity contribution >= 4 is 5.91 Å². The molecule has 0 saturated heterocycles. The summed E-state index contributed by atoms with van der Waals surface area (Å²) in [7, 11) is 0. The Balaban J connectivity index is 2.14. The van der Waals surface area contributed by atoms with Crippen LogP contribution in [0.3, 0.4) is 0 Å². The van der Waals surface area contributed by atoms with Crippen molar-refractivity contribution in [3.05, 3.63) is 23.5 Å². The number of allylic oxidation sites excluding steroid dienone is 1. The molecule has 0 saturated carbocycles. The Morgan fingerprint density at radius 1 is 1.62 bits per heavy atom. The molecule has 2 heterocycles. The van der Waals surface area contributed by atoms with Gasteiger partial charge < -0.3 is 16.4 Å². The van der Waals surface area contributed by atoms with E-state index in [1.165, 1.54) is 5.57 Å². The summed E-state index contributed by atoms with van der Waals surface area (Å²) in [5, 5.41) is 6.32. The summed E-state index contributed by atoms with van der Waals surface area (Å²) in [5.74, 6) is -0.263. The van der Waals surface area contributed by atoms with Gasteiger partial charge in [0.2, 0.25) is 5.91 Å². The minimum Gasteiger partial charge on any atom is -0.387 e. The van der Waals surface area contributed by atoms with Crippen molar-refractivity contribution in [3.63, 3.8) is 0 Å². The zero-order valence-corrected chi connectivity index (χ0v) is 7.34. The smallest absolute Gasteiger partial charge is 0.222 e. The van der Waals surface area contributed by atoms with Gasteiger partial charge >= 0.3 is 0 Å². The lowest BCUT2D eigenvalue weighted by Crippen LogP contribution is -2.39. The molecule has 2 aliphatic heterocycles. The van der Waals surface area contributed by atoms with Crippen LogP contribution in [0.4, 0.5) is 0 Å². The number of dihydropyridines is 1. The van der Waals surface area contributed by atoms with Crippen molar-refractivity contribution in [1.29, 1.82) is 0 Å². The molecule has 0 spiro atoms. The number of nitrogens with two attached hydrogens (primary N) is 1. The van der Waals surface area contributed by atoms with Crippen LogP contribution in [0.2, 0.25) is 0 Å². The van der Waals surface area contributed by atoms with E-state index >= 15 is 0 Å². The zero-order chi connectivity index (χ0) is 9.26. The molecule has 4 heteroatoms. The molecule has 1 atom stereocenters. The molecule has 2 rings (SSSR count). The van der Waals surface area contributed by atoms with Crippen LogP contribution in [-0.4, -0.2) is 19.0 Å². The monoisotopic (exact) mass is 179 g/mol. The predicted molar refractivity (Wildman–Crippen MR) is 49.5 cm³/mol. The highest BCUT2D eigenvalue weighted by Crippen LogP contribution is 2.21. The average Bonchev–Trinajstić information content (AvgIpc) is 2.17. The second-order valence-corrected chi connectivity index (χ2v) is 3.42. The molecular weight excluding hydrogens is 166 g/mol. The van der Waals surface area contributed by atoms with Crippen LogP contribution in [0, 0.1) is 5.92 Å². The lowest BCUT2D eigenvalue weighted by Gasteiger charge is -2.27. The first-order valence-corrected chi connectivity index (χ1v) is 4.42. The maximum absolute atomic E-state index is 11.0. The molecule has 0 bridgehead atoms. The normalized spacial score (nSPS) is 26.0. The predicted octanol–water partition coefficient (Wildman–Crippen LogP) is -0.548. The van der Waals surface area contributed by atoms with Crippen molar-refractivity contribution in [3.8, 4) is 0 Å². The topological polar surface area (TPSA) is 67.2 Å². The van der Waals surface area contributed by atoms with E-state index in [0.717, 1.165) is 18.7 Å². The van der Waals surface area contributed by atoms with E-state index in [9.17, 15) is 4.79 Å². The third-order valence-electron chi connectivity index (χ3n) is 2.50. The van der Waals surface area contributed by atoms with Crippen LogP contribution in [0.5, 0.6) is 0 Å². The van der Waals surface area contributed by atoms with Gasteiger partial charge in [0.25, 0.3) is 0 Å². The van der Waals surface area contributed by atoms with Crippen molar-refractivity contribution in [2.45, 2.75) is 6.42 Å². The third kappa shape index (κ3) is 1.52. The van der Waals surface area contributed by atoms with E-state index in [1.807, 2.05) is 12.3 Å². The highest BCUT2D eigenvalue weighted by Gasteiger charge is 2.24. The molecule has 4 N–H and O–H groups in total. The first-order chi connectivity index (χ1) is 6.27. The Labute approximate surface area is 76.9 Å². The van der Waals surface area contributed by atoms with E-state index in [1.54, 1.807) is 0 Å². The summed E-state index contributed by atoms with van der Waals surface area (Å²) in [4.78, 5) is 11.0. The molecule has 2 aliphatic rings. The largest absolute Gasteiger partial charge is 0.387 e. The quantitative estimate of drug-likeness (QED) is 0.506. The van der Waals surface area contributed by atoms with Crippen LogP contribution in [0.15, 0.2) is 23.5 Å². The molecule has 0 aromatic rings. The Morgan fingerprint density at radius 2 is 2.46 bits per heavy atom. The maximum atomic E-state index is 11.0. The van der Waals surface area contributed by atoms with E-state index < -0.39 is 0 Å². The van der Waals surface area contributed by atoms with Crippen LogP contribution in [0.25, 0.3) is 0 Å². The number of hydrogen-bond donors (Lipinski definition) is 3. The number of nitrogens with one attached hydrogen (secondary N) is 2. The fraction of sp³-hybridized carbons (Fsp3) is 0.444. The van der Waals surface area contributed by atoms with Gasteiger partial charge in [-0.1, -0.05) is 0 Å². The van der Waals surface area contributed by atoms with Crippen LogP contribution in [-0.2, 0) is 4.79 Å². The summed E-state index contributed by atoms with van der Waals surface area (Å²) < 4.78 is 0. The summed E-state index contributed by atoms with van der Waals surface area (Å²) in [6, 6.07) is 0. The van der Waals surface area contributed by atoms with Gasteiger partial charge in [0.05, 0.1) is 5.92 Å². The second kappa shape index (κ2) is 3.12. The van der Waals surface area contributed by atoms with Crippen LogP contribution in [0.1, 0.15) is 6.42 Å². The SMILES string of the molecule is NC(=O)C1CNC2=C(CNC=C2)C1. The maximum Gasteiger partial charge on any atom is 0.222 e. The minimum atomic E-state index is -0.214. The molecule has 0 radical (unpaired) electrons. The summed E-state index contributed by atoms with van der Waals surface area (Å²) >= 11 is 0. The molecular formula is C9H13N3O. The highest BCUT2D eigenvalue weighted by atomic mass is 16.1. The van der Waals surface area contributed by atoms with Crippen molar-refractivity contribution in [2.24, 2.45) is 11.7 Å². The number of carbonyl (C=O) groups is 1. The van der Waals surface area contributed by atoms with Gasteiger partial charge in [-0.2, -0.15) is 0 Å². The molecule has 0 aromatic heterocycles. The molecule has 4 nitrogen and oxygen atoms in total. The van der Waals surface area contributed by atoms with Crippen molar-refractivity contribution in [2.75, 3.05) is 13.1 Å². The Kier molecular flexibility index (Phi) is 1.96. The van der Waals surface area contributed by atoms with E-state index in [4.69, 9.17) is 5.73 Å². The average molecular weight is 179 g/mol. The molecule has 0 fully saturated rings. The fourth-order valence-corrected chi connectivity index (χ4v) is 1.71. The van der Waals surface area contributed by atoms with E-state index in [0.29, 0.717) is 6.54 Å². The first kappa shape index (κ1) is 8.16. The highest BCUT2D eigenvalue weighted by molar-refractivity contribution is 5.77. The molecule has 1 amide bonds. The van der Waals surface area contributed by atoms with Gasteiger partial charge in [-0.15, -0.1) is 0 Å². The first-order valence-electron chi connectivity index (χ1n) is 4.42. The Bertz CT molecular complexity index is 293. The minimum absolute atomic E-state index is 0.0490. The lowest BCUT2D eigenvalue weighted by molar-refractivity contribution is -0.121. The number of primary amides is 1. The van der Waals surface area contributed by atoms with E-state index in [2.05, 4.69) is 10.6 Å². The number of rotatable bonds is 1. The standard InChI is InChI=1S/C9H13N3O/c10-9(13)7-3-6-4-11-2-1-8(6)12-5-7/h1-2,7,11-12H,3-5H2,(H2,10,13). The molecule has 1 unspecified atom stereocenters. The second-order valence-electron chi connectivity index (χ2n) is 3.42. The van der Waals surface area contributed by atoms with Gasteiger partial charge in [0, 0.05) is 18.8 Å². The molecule has 0 aromatic carbocycles. The lowest BCUT2D eigenvalue weighted by atomic mass is 9.92. The van der Waals surface area contributed by atoms with Gasteiger partial charge in [-0.05, 0) is 24.3 Å². The summed E-state index contributed by atoms with van der Waals surface area (Å²) in [6.07, 6.45) is 4.70. The van der Waals surface area contributed by atoms with Crippen molar-refractivity contribution in [1.82, 2.24) is 10.6 Å². The third-order valence-corrected chi connectivity index (χ3v) is 2.50. The number of amides is 1. The van der Waals surface area contributed by atoms with Gasteiger partial charge in [0.15, 0.2) is 0 Å². The molecule has 13 heavy (non-hydrogen) atoms. The number of carbonyl (C=O) groups excluding carboxylic acids is 1. The number of hydrogen-bond acceptors (Lipinski definition) is 3. The fourth-order valence-electron chi connectivity index (χ4n) is 1.71. The Hall–Kier alpha value is -1.45.